The maximum Gasteiger partial charge on any atom is 0.203 e. The Hall–Kier alpha value is -0.0800. The van der Waals surface area contributed by atoms with E-state index in [-0.39, 0.29) is 5.72 Å². The minimum Gasteiger partial charge on any atom is -0.321 e. The van der Waals surface area contributed by atoms with Crippen LogP contribution >= 0.6 is 0 Å². The first-order valence-corrected chi connectivity index (χ1v) is 5.13. The molecule has 0 unspecified atom stereocenters. The molecule has 1 heterocycles. The Balaban J connectivity index is 2.17. The largest absolute Gasteiger partial charge is 0.321 e. The van der Waals surface area contributed by atoms with E-state index >= 15 is 0 Å². The van der Waals surface area contributed by atoms with Crippen LogP contribution in [0.25, 0.3) is 0 Å². The highest BCUT2D eigenvalue weighted by atomic mass is 16.5. The van der Waals surface area contributed by atoms with Gasteiger partial charge in [-0.3, -0.25) is 4.48 Å². The van der Waals surface area contributed by atoms with E-state index in [1.165, 1.54) is 38.6 Å². The van der Waals surface area contributed by atoms with Gasteiger partial charge in [0.05, 0.1) is 14.1 Å². The van der Waals surface area contributed by atoms with Gasteiger partial charge in [0, 0.05) is 12.8 Å². The zero-order chi connectivity index (χ0) is 8.66. The summed E-state index contributed by atoms with van der Waals surface area (Å²) < 4.78 is 7.06. The molecule has 0 bridgehead atoms. The van der Waals surface area contributed by atoms with Crippen LogP contribution < -0.4 is 0 Å². The lowest BCUT2D eigenvalue weighted by atomic mass is 9.90. The van der Waals surface area contributed by atoms with Crippen molar-refractivity contribution >= 4 is 0 Å². The van der Waals surface area contributed by atoms with E-state index in [2.05, 4.69) is 14.1 Å². The quantitative estimate of drug-likeness (QED) is 0.503. The summed E-state index contributed by atoms with van der Waals surface area (Å²) >= 11 is 0. The molecule has 1 spiro atoms. The van der Waals surface area contributed by atoms with E-state index < -0.39 is 0 Å². The number of ether oxygens (including phenoxy) is 1. The van der Waals surface area contributed by atoms with Crippen molar-refractivity contribution in [2.45, 2.75) is 37.8 Å². The molecule has 70 valence electrons. The molecule has 2 rings (SSSR count). The van der Waals surface area contributed by atoms with E-state index in [1.807, 2.05) is 0 Å². The smallest absolute Gasteiger partial charge is 0.203 e. The van der Waals surface area contributed by atoms with E-state index in [4.69, 9.17) is 4.74 Å². The van der Waals surface area contributed by atoms with Crippen molar-refractivity contribution in [3.05, 3.63) is 0 Å². The fraction of sp³-hybridized carbons (Fsp3) is 1.00. The van der Waals surface area contributed by atoms with Gasteiger partial charge in [-0.05, 0) is 12.8 Å². The minimum absolute atomic E-state index is 0.207. The summed E-state index contributed by atoms with van der Waals surface area (Å²) in [6.45, 7) is 2.16. The lowest BCUT2D eigenvalue weighted by molar-refractivity contribution is -0.945. The molecular formula is C10H20NO+. The van der Waals surface area contributed by atoms with Gasteiger partial charge in [-0.25, -0.2) is 0 Å². The fourth-order valence-corrected chi connectivity index (χ4v) is 2.70. The summed E-state index contributed by atoms with van der Waals surface area (Å²) in [6, 6.07) is 0. The Morgan fingerprint density at radius 2 is 1.75 bits per heavy atom. The second-order valence-electron chi connectivity index (χ2n) is 4.76. The highest BCUT2D eigenvalue weighted by molar-refractivity contribution is 4.78. The van der Waals surface area contributed by atoms with Crippen molar-refractivity contribution in [2.24, 2.45) is 0 Å². The van der Waals surface area contributed by atoms with Crippen molar-refractivity contribution in [1.29, 1.82) is 0 Å². The number of likely N-dealkylation sites (N-methyl/N-ethyl adjacent to an activating group) is 1. The SMILES string of the molecule is C[N+]1(C)CCOC12CCCCC2. The molecule has 0 aromatic rings. The molecule has 12 heavy (non-hydrogen) atoms. The summed E-state index contributed by atoms with van der Waals surface area (Å²) in [5, 5.41) is 0. The molecule has 0 aromatic carbocycles. The monoisotopic (exact) mass is 170 g/mol. The molecule has 0 amide bonds. The number of hydrogen-bond acceptors (Lipinski definition) is 1. The predicted molar refractivity (Wildman–Crippen MR) is 48.7 cm³/mol. The van der Waals surface area contributed by atoms with Crippen LogP contribution in [0.15, 0.2) is 0 Å². The molecule has 1 saturated carbocycles. The molecule has 2 nitrogen and oxygen atoms in total. The van der Waals surface area contributed by atoms with Crippen molar-refractivity contribution in [3.8, 4) is 0 Å². The molecule has 1 aliphatic heterocycles. The standard InChI is InChI=1S/C10H20NO/c1-11(2)8-9-12-10(11)6-4-3-5-7-10/h3-9H2,1-2H3/q+1. The summed E-state index contributed by atoms with van der Waals surface area (Å²) in [7, 11) is 4.64. The van der Waals surface area contributed by atoms with Gasteiger partial charge < -0.3 is 4.74 Å². The lowest BCUT2D eigenvalue weighted by Crippen LogP contribution is -2.56. The average molecular weight is 170 g/mol. The van der Waals surface area contributed by atoms with Gasteiger partial charge in [0.15, 0.2) is 0 Å². The topological polar surface area (TPSA) is 9.23 Å². The molecule has 2 heteroatoms. The third kappa shape index (κ3) is 1.09. The van der Waals surface area contributed by atoms with Crippen molar-refractivity contribution in [3.63, 3.8) is 0 Å². The van der Waals surface area contributed by atoms with Crippen LogP contribution in [0.4, 0.5) is 0 Å². The van der Waals surface area contributed by atoms with Gasteiger partial charge in [-0.1, -0.05) is 6.42 Å². The molecule has 2 aliphatic rings. The normalized spacial score (nSPS) is 32.5. The van der Waals surface area contributed by atoms with Crippen molar-refractivity contribution in [2.75, 3.05) is 27.2 Å². The first-order chi connectivity index (χ1) is 5.66. The highest BCUT2D eigenvalue weighted by Gasteiger charge is 2.51. The second kappa shape index (κ2) is 2.71. The van der Waals surface area contributed by atoms with Gasteiger partial charge in [0.25, 0.3) is 0 Å². The van der Waals surface area contributed by atoms with Crippen molar-refractivity contribution in [1.82, 2.24) is 0 Å². The second-order valence-corrected chi connectivity index (χ2v) is 4.76. The van der Waals surface area contributed by atoms with Crippen LogP contribution in [0.3, 0.4) is 0 Å². The summed E-state index contributed by atoms with van der Waals surface area (Å²) in [5.41, 5.74) is 0.207. The molecular weight excluding hydrogens is 150 g/mol. The molecule has 2 fully saturated rings. The van der Waals surface area contributed by atoms with E-state index in [0.717, 1.165) is 11.1 Å². The van der Waals surface area contributed by atoms with Crippen LogP contribution in [0.1, 0.15) is 32.1 Å². The zero-order valence-electron chi connectivity index (χ0n) is 8.31. The Bertz CT molecular complexity index is 171. The Morgan fingerprint density at radius 3 is 2.25 bits per heavy atom. The molecule has 0 radical (unpaired) electrons. The van der Waals surface area contributed by atoms with Crippen molar-refractivity contribution < 1.29 is 9.22 Å². The Kier molecular flexibility index (Phi) is 1.92. The Labute approximate surface area is 75.1 Å². The average Bonchev–Trinajstić information content (AvgIpc) is 2.30. The maximum absolute atomic E-state index is 5.97. The van der Waals surface area contributed by atoms with Gasteiger partial charge in [-0.2, -0.15) is 0 Å². The van der Waals surface area contributed by atoms with Gasteiger partial charge in [0.1, 0.15) is 13.2 Å². The highest BCUT2D eigenvalue weighted by Crippen LogP contribution is 2.40. The summed E-state index contributed by atoms with van der Waals surface area (Å²) in [6.07, 6.45) is 6.69. The molecule has 1 aliphatic carbocycles. The third-order valence-corrected chi connectivity index (χ3v) is 3.76. The minimum atomic E-state index is 0.207. The Morgan fingerprint density at radius 1 is 1.08 bits per heavy atom. The first kappa shape index (κ1) is 8.52. The number of nitrogens with zero attached hydrogens (tertiary/aromatic N) is 1. The number of quaternary nitrogens is 1. The maximum atomic E-state index is 5.97. The van der Waals surface area contributed by atoms with Crippen LogP contribution in [-0.4, -0.2) is 37.5 Å². The van der Waals surface area contributed by atoms with Gasteiger partial charge in [0.2, 0.25) is 5.72 Å². The molecule has 0 atom stereocenters. The lowest BCUT2D eigenvalue weighted by Gasteiger charge is -2.43. The fourth-order valence-electron chi connectivity index (χ4n) is 2.70. The third-order valence-electron chi connectivity index (χ3n) is 3.76. The molecule has 0 aromatic heterocycles. The van der Waals surface area contributed by atoms with E-state index in [1.54, 1.807) is 0 Å². The first-order valence-electron chi connectivity index (χ1n) is 5.13. The zero-order valence-corrected chi connectivity index (χ0v) is 8.31. The van der Waals surface area contributed by atoms with Crippen LogP contribution in [0, 0.1) is 0 Å². The van der Waals surface area contributed by atoms with Crippen LogP contribution in [-0.2, 0) is 4.74 Å². The van der Waals surface area contributed by atoms with E-state index in [9.17, 15) is 0 Å². The van der Waals surface area contributed by atoms with E-state index in [0.29, 0.717) is 0 Å². The summed E-state index contributed by atoms with van der Waals surface area (Å²) in [4.78, 5) is 0. The summed E-state index contributed by atoms with van der Waals surface area (Å²) in [5.74, 6) is 0. The molecule has 1 saturated heterocycles. The van der Waals surface area contributed by atoms with Crippen LogP contribution in [0.2, 0.25) is 0 Å². The van der Waals surface area contributed by atoms with Gasteiger partial charge in [-0.15, -0.1) is 0 Å². The number of hydrogen-bond donors (Lipinski definition) is 0. The van der Waals surface area contributed by atoms with Gasteiger partial charge >= 0.3 is 0 Å². The molecule has 0 N–H and O–H groups in total. The van der Waals surface area contributed by atoms with Crippen LogP contribution in [0.5, 0.6) is 0 Å². The number of rotatable bonds is 0. The predicted octanol–water partition coefficient (Wildman–Crippen LogP) is 1.75.